The second-order valence-corrected chi connectivity index (χ2v) is 8.74. The van der Waals surface area contributed by atoms with Crippen LogP contribution in [0.3, 0.4) is 0 Å². The number of aromatic nitrogens is 3. The van der Waals surface area contributed by atoms with Gasteiger partial charge < -0.3 is 11.1 Å². The lowest BCUT2D eigenvalue weighted by atomic mass is 9.92. The fourth-order valence-corrected chi connectivity index (χ4v) is 3.75. The minimum atomic E-state index is -4.75. The Morgan fingerprint density at radius 1 is 1.08 bits per heavy atom. The van der Waals surface area contributed by atoms with Crippen LogP contribution in [0.2, 0.25) is 5.02 Å². The summed E-state index contributed by atoms with van der Waals surface area (Å²) in [5.41, 5.74) is 3.31. The van der Waals surface area contributed by atoms with Gasteiger partial charge in [0, 0.05) is 41.7 Å². The highest BCUT2D eigenvalue weighted by Crippen LogP contribution is 2.32. The van der Waals surface area contributed by atoms with E-state index in [9.17, 15) is 40.7 Å². The maximum absolute atomic E-state index is 13.2. The van der Waals surface area contributed by atoms with Gasteiger partial charge in [-0.1, -0.05) is 29.8 Å². The fraction of sp³-hybridized carbons (Fsp3) is 0.250. The van der Waals surface area contributed by atoms with Gasteiger partial charge in [-0.2, -0.15) is 26.3 Å². The first-order valence-electron chi connectivity index (χ1n) is 11.1. The van der Waals surface area contributed by atoms with Crippen molar-refractivity contribution in [3.8, 4) is 11.4 Å². The first-order chi connectivity index (χ1) is 18.1. The molecule has 3 rings (SSSR count). The van der Waals surface area contributed by atoms with Crippen LogP contribution in [0.5, 0.6) is 0 Å². The first kappa shape index (κ1) is 29.5. The van der Waals surface area contributed by atoms with Gasteiger partial charge in [-0.25, -0.2) is 18.8 Å². The van der Waals surface area contributed by atoms with E-state index in [4.69, 9.17) is 17.3 Å². The predicted octanol–water partition coefficient (Wildman–Crippen LogP) is 4.83. The quantitative estimate of drug-likeness (QED) is 0.356. The number of rotatable bonds is 9. The van der Waals surface area contributed by atoms with Crippen LogP contribution in [-0.2, 0) is 17.5 Å². The number of ketones is 1. The molecule has 0 bridgehead atoms. The molecule has 8 nitrogen and oxygen atoms in total. The lowest BCUT2D eigenvalue weighted by Crippen LogP contribution is -2.34. The number of carbonyl (C=O) groups is 2. The van der Waals surface area contributed by atoms with Gasteiger partial charge in [0.05, 0.1) is 5.56 Å². The van der Waals surface area contributed by atoms with Gasteiger partial charge in [0.1, 0.15) is 6.54 Å². The van der Waals surface area contributed by atoms with Gasteiger partial charge in [0.15, 0.2) is 11.6 Å². The van der Waals surface area contributed by atoms with Crippen molar-refractivity contribution in [3.05, 3.63) is 81.2 Å². The van der Waals surface area contributed by atoms with Crippen molar-refractivity contribution < 1.29 is 35.9 Å². The summed E-state index contributed by atoms with van der Waals surface area (Å²) in [7, 11) is 0. The van der Waals surface area contributed by atoms with Crippen molar-refractivity contribution in [2.24, 2.45) is 5.73 Å². The Morgan fingerprint density at radius 3 is 2.33 bits per heavy atom. The molecule has 0 saturated carbocycles. The molecular weight excluding hydrogens is 556 g/mol. The number of hydrogen-bond donors (Lipinski definition) is 2. The third-order valence-corrected chi connectivity index (χ3v) is 5.65. The normalized spacial score (nSPS) is 13.0. The number of allylic oxidation sites excluding steroid dienone is 1. The van der Waals surface area contributed by atoms with Gasteiger partial charge in [-0.3, -0.25) is 4.79 Å². The number of primary amides is 1. The summed E-state index contributed by atoms with van der Waals surface area (Å²) < 4.78 is 79.2. The van der Waals surface area contributed by atoms with Crippen LogP contribution in [0, 0.1) is 0 Å². The number of urea groups is 1. The van der Waals surface area contributed by atoms with Crippen molar-refractivity contribution in [3.63, 3.8) is 0 Å². The molecule has 15 heteroatoms. The number of carbonyl (C=O) groups excluding carboxylic acids is 2. The van der Waals surface area contributed by atoms with Crippen molar-refractivity contribution in [1.29, 1.82) is 0 Å². The molecule has 1 heterocycles. The second kappa shape index (κ2) is 11.8. The van der Waals surface area contributed by atoms with Gasteiger partial charge in [-0.05, 0) is 35.9 Å². The van der Waals surface area contributed by atoms with Crippen LogP contribution in [-0.4, -0.2) is 38.9 Å². The summed E-state index contributed by atoms with van der Waals surface area (Å²) in [5, 5.41) is 6.56. The lowest BCUT2D eigenvalue weighted by molar-refractivity contribution is -0.137. The number of halogens is 7. The Balaban J connectivity index is 1.93. The van der Waals surface area contributed by atoms with Crippen LogP contribution in [0.25, 0.3) is 17.6 Å². The number of hydrogen-bond acceptors (Lipinski definition) is 4. The molecule has 1 aromatic heterocycles. The highest BCUT2D eigenvalue weighted by molar-refractivity contribution is 6.30. The summed E-state index contributed by atoms with van der Waals surface area (Å²) in [6.07, 6.45) is -9.58. The number of nitrogens with two attached hydrogens (primary N) is 1. The van der Waals surface area contributed by atoms with Crippen LogP contribution < -0.4 is 16.7 Å². The molecule has 0 spiro atoms. The van der Waals surface area contributed by atoms with Gasteiger partial charge in [0.25, 0.3) is 0 Å². The Kier molecular flexibility index (Phi) is 8.89. The molecule has 208 valence electrons. The number of benzene rings is 2. The molecule has 0 aliphatic rings. The third-order valence-electron chi connectivity index (χ3n) is 5.39. The first-order valence-corrected chi connectivity index (χ1v) is 11.5. The van der Waals surface area contributed by atoms with E-state index in [1.54, 1.807) is 0 Å². The number of nitrogens with one attached hydrogen (secondary N) is 1. The number of alkyl halides is 6. The number of nitrogens with zero attached hydrogens (tertiary/aromatic N) is 3. The number of amides is 2. The molecule has 0 radical (unpaired) electrons. The Hall–Kier alpha value is -4.07. The largest absolute Gasteiger partial charge is 0.416 e. The summed E-state index contributed by atoms with van der Waals surface area (Å²) in [5.74, 6) is -1.88. The van der Waals surface area contributed by atoms with E-state index in [-0.39, 0.29) is 29.6 Å². The van der Waals surface area contributed by atoms with E-state index in [0.717, 1.165) is 18.2 Å². The molecule has 3 aromatic rings. The minimum Gasteiger partial charge on any atom is -0.352 e. The highest BCUT2D eigenvalue weighted by atomic mass is 35.5. The SMILES string of the molecule is NC(=O)NCC(CC(=O)Cn1nc(-c2ccc(Cl)cc2)n(/C=C/C(F)(F)F)c1=O)c1cccc(C(F)(F)F)c1. The predicted molar refractivity (Wildman–Crippen MR) is 130 cm³/mol. The van der Waals surface area contributed by atoms with Crippen LogP contribution in [0.4, 0.5) is 31.1 Å². The maximum Gasteiger partial charge on any atom is 0.416 e. The van der Waals surface area contributed by atoms with Crippen LogP contribution >= 0.6 is 11.6 Å². The highest BCUT2D eigenvalue weighted by Gasteiger charge is 2.31. The average Bonchev–Trinajstić information content (AvgIpc) is 3.14. The summed E-state index contributed by atoms with van der Waals surface area (Å²) >= 11 is 5.85. The molecule has 1 atom stereocenters. The molecule has 0 saturated heterocycles. The zero-order valence-electron chi connectivity index (χ0n) is 19.8. The van der Waals surface area contributed by atoms with E-state index in [2.05, 4.69) is 10.4 Å². The van der Waals surface area contributed by atoms with E-state index in [1.165, 1.54) is 30.3 Å². The molecule has 2 aromatic carbocycles. The molecule has 0 aliphatic carbocycles. The molecule has 39 heavy (non-hydrogen) atoms. The summed E-state index contributed by atoms with van der Waals surface area (Å²) in [4.78, 5) is 37.0. The Bertz CT molecular complexity index is 1430. The molecular formula is C24H20ClF6N5O3. The van der Waals surface area contributed by atoms with Crippen LogP contribution in [0.1, 0.15) is 23.5 Å². The van der Waals surface area contributed by atoms with Crippen molar-refractivity contribution in [2.45, 2.75) is 31.2 Å². The topological polar surface area (TPSA) is 112 Å². The Labute approximate surface area is 221 Å². The third kappa shape index (κ3) is 8.21. The molecule has 2 amide bonds. The minimum absolute atomic E-state index is 0.0692. The van der Waals surface area contributed by atoms with Crippen molar-refractivity contribution in [2.75, 3.05) is 6.54 Å². The Morgan fingerprint density at radius 2 is 1.74 bits per heavy atom. The maximum atomic E-state index is 13.2. The van der Waals surface area contributed by atoms with E-state index >= 15 is 0 Å². The zero-order chi connectivity index (χ0) is 29.0. The molecule has 3 N–H and O–H groups in total. The van der Waals surface area contributed by atoms with E-state index in [0.29, 0.717) is 20.5 Å². The van der Waals surface area contributed by atoms with Gasteiger partial charge in [0.2, 0.25) is 0 Å². The standard InChI is InChI=1S/C24H20ClF6N5O3/c25-18-6-4-14(5-7-18)20-34-36(22(39)35(20)9-8-23(26,27)28)13-19(37)11-16(12-33-21(32)38)15-2-1-3-17(10-15)24(29,30)31/h1-10,16H,11-13H2,(H3,32,33,38)/b9-8+. The second-order valence-electron chi connectivity index (χ2n) is 8.31. The van der Waals surface area contributed by atoms with Crippen LogP contribution in [0.15, 0.2) is 59.4 Å². The molecule has 1 unspecified atom stereocenters. The molecule has 0 fully saturated rings. The fourth-order valence-electron chi connectivity index (χ4n) is 3.62. The van der Waals surface area contributed by atoms with E-state index < -0.39 is 54.3 Å². The van der Waals surface area contributed by atoms with Gasteiger partial charge >= 0.3 is 24.1 Å². The van der Waals surface area contributed by atoms with Crippen molar-refractivity contribution in [1.82, 2.24) is 19.7 Å². The molecule has 0 aliphatic heterocycles. The zero-order valence-corrected chi connectivity index (χ0v) is 20.5. The van der Waals surface area contributed by atoms with Crippen molar-refractivity contribution >= 4 is 29.6 Å². The lowest BCUT2D eigenvalue weighted by Gasteiger charge is -2.18. The number of Topliss-reactive ketones (excluding diaryl/α,β-unsaturated/α-hetero) is 1. The van der Waals surface area contributed by atoms with E-state index in [1.807, 2.05) is 0 Å². The summed E-state index contributed by atoms with van der Waals surface area (Å²) in [6, 6.07) is 8.82. The summed E-state index contributed by atoms with van der Waals surface area (Å²) in [6.45, 7) is -1.01. The van der Waals surface area contributed by atoms with Gasteiger partial charge in [-0.15, -0.1) is 5.10 Å². The smallest absolute Gasteiger partial charge is 0.352 e. The average molecular weight is 576 g/mol. The monoisotopic (exact) mass is 575 g/mol.